The van der Waals surface area contributed by atoms with Gasteiger partial charge in [-0.1, -0.05) is 29.3 Å². The molecule has 0 spiro atoms. The molecule has 0 radical (unpaired) electrons. The van der Waals surface area contributed by atoms with Crippen molar-refractivity contribution in [3.8, 4) is 17.6 Å². The highest BCUT2D eigenvalue weighted by Gasteiger charge is 2.20. The molecule has 6 nitrogen and oxygen atoms in total. The van der Waals surface area contributed by atoms with Gasteiger partial charge in [0.25, 0.3) is 0 Å². The zero-order valence-electron chi connectivity index (χ0n) is 16.4. The first-order valence-electron chi connectivity index (χ1n) is 9.81. The van der Waals surface area contributed by atoms with Crippen molar-refractivity contribution in [2.45, 2.75) is 19.3 Å². The third-order valence-electron chi connectivity index (χ3n) is 5.30. The fourth-order valence-corrected chi connectivity index (χ4v) is 3.99. The Hall–Kier alpha value is -2.46. The third kappa shape index (κ3) is 5.17. The number of Topliss-reactive ketones (excluding diaryl/α,β-unsaturated/α-hetero) is 1. The number of phenols is 2. The Labute approximate surface area is 185 Å². The second-order valence-electron chi connectivity index (χ2n) is 7.29. The second kappa shape index (κ2) is 10.0. The van der Waals surface area contributed by atoms with Crippen LogP contribution in [-0.4, -0.2) is 53.6 Å². The SMILES string of the molecule is N#Cc1cc(C(=O)CCCCN2CCN(c3cccc(Cl)c3Cl)CC2)cc(O)c1O. The summed E-state index contributed by atoms with van der Waals surface area (Å²) >= 11 is 12.4. The van der Waals surface area contributed by atoms with Gasteiger partial charge in [0.1, 0.15) is 6.07 Å². The number of phenolic OH excluding ortho intramolecular Hbond substituents is 2. The van der Waals surface area contributed by atoms with Gasteiger partial charge in [0.2, 0.25) is 0 Å². The van der Waals surface area contributed by atoms with Crippen molar-refractivity contribution in [2.75, 3.05) is 37.6 Å². The molecule has 0 atom stereocenters. The van der Waals surface area contributed by atoms with Crippen LogP contribution >= 0.6 is 23.2 Å². The maximum atomic E-state index is 12.3. The van der Waals surface area contributed by atoms with Gasteiger partial charge < -0.3 is 15.1 Å². The van der Waals surface area contributed by atoms with Crippen LogP contribution in [0, 0.1) is 11.3 Å². The van der Waals surface area contributed by atoms with E-state index in [9.17, 15) is 15.0 Å². The lowest BCUT2D eigenvalue weighted by atomic mass is 10.0. The van der Waals surface area contributed by atoms with Gasteiger partial charge >= 0.3 is 0 Å². The number of carbonyl (C=O) groups excluding carboxylic acids is 1. The number of halogens is 2. The maximum Gasteiger partial charge on any atom is 0.175 e. The van der Waals surface area contributed by atoms with Gasteiger partial charge in [0.05, 0.1) is 21.3 Å². The standard InChI is InChI=1S/C22H23Cl2N3O3/c23-17-4-3-5-18(21(17)24)27-10-8-26(9-11-27)7-2-1-6-19(28)15-12-16(14-25)22(30)20(29)13-15/h3-5,12-13,29-30H,1-2,6-11H2. The summed E-state index contributed by atoms with van der Waals surface area (Å²) in [6, 6.07) is 9.97. The van der Waals surface area contributed by atoms with Crippen molar-refractivity contribution in [3.05, 3.63) is 51.5 Å². The van der Waals surface area contributed by atoms with Gasteiger partial charge in [-0.2, -0.15) is 5.26 Å². The summed E-state index contributed by atoms with van der Waals surface area (Å²) in [5, 5.41) is 29.4. The van der Waals surface area contributed by atoms with E-state index in [1.54, 1.807) is 12.1 Å². The van der Waals surface area contributed by atoms with Crippen LogP contribution in [0.15, 0.2) is 30.3 Å². The number of nitriles is 1. The maximum absolute atomic E-state index is 12.3. The lowest BCUT2D eigenvalue weighted by Crippen LogP contribution is -2.46. The lowest BCUT2D eigenvalue weighted by molar-refractivity contribution is 0.0977. The Morgan fingerprint density at radius 2 is 1.83 bits per heavy atom. The van der Waals surface area contributed by atoms with E-state index >= 15 is 0 Å². The molecular weight excluding hydrogens is 425 g/mol. The molecule has 0 aromatic heterocycles. The minimum Gasteiger partial charge on any atom is -0.504 e. The first-order valence-corrected chi connectivity index (χ1v) is 10.6. The molecule has 2 N–H and O–H groups in total. The molecule has 158 valence electrons. The average Bonchev–Trinajstić information content (AvgIpc) is 2.75. The lowest BCUT2D eigenvalue weighted by Gasteiger charge is -2.36. The van der Waals surface area contributed by atoms with Crippen LogP contribution in [0.25, 0.3) is 0 Å². The molecule has 1 aliphatic rings. The number of carbonyl (C=O) groups is 1. The number of aromatic hydroxyl groups is 2. The number of benzene rings is 2. The van der Waals surface area contributed by atoms with Gasteiger partial charge in [0, 0.05) is 38.2 Å². The summed E-state index contributed by atoms with van der Waals surface area (Å²) in [5.41, 5.74) is 1.10. The van der Waals surface area contributed by atoms with E-state index < -0.39 is 11.5 Å². The van der Waals surface area contributed by atoms with Crippen LogP contribution in [0.1, 0.15) is 35.2 Å². The molecule has 1 heterocycles. The zero-order chi connectivity index (χ0) is 21.7. The molecule has 2 aromatic carbocycles. The van der Waals surface area contributed by atoms with Gasteiger partial charge in [0.15, 0.2) is 17.3 Å². The highest BCUT2D eigenvalue weighted by atomic mass is 35.5. The van der Waals surface area contributed by atoms with E-state index in [0.29, 0.717) is 22.9 Å². The quantitative estimate of drug-likeness (QED) is 0.370. The van der Waals surface area contributed by atoms with Crippen molar-refractivity contribution in [1.29, 1.82) is 5.26 Å². The summed E-state index contributed by atoms with van der Waals surface area (Å²) in [7, 11) is 0. The van der Waals surface area contributed by atoms with Crippen molar-refractivity contribution in [2.24, 2.45) is 0 Å². The highest BCUT2D eigenvalue weighted by molar-refractivity contribution is 6.43. The van der Waals surface area contributed by atoms with Crippen molar-refractivity contribution < 1.29 is 15.0 Å². The first kappa shape index (κ1) is 22.2. The molecule has 8 heteroatoms. The predicted molar refractivity (Wildman–Crippen MR) is 118 cm³/mol. The molecule has 1 aliphatic heterocycles. The number of hydrogen-bond donors (Lipinski definition) is 2. The van der Waals surface area contributed by atoms with Gasteiger partial charge in [-0.05, 0) is 43.7 Å². The fourth-order valence-electron chi connectivity index (χ4n) is 3.58. The molecule has 30 heavy (non-hydrogen) atoms. The summed E-state index contributed by atoms with van der Waals surface area (Å²) in [6.07, 6.45) is 1.91. The number of anilines is 1. The largest absolute Gasteiger partial charge is 0.504 e. The topological polar surface area (TPSA) is 87.8 Å². The zero-order valence-corrected chi connectivity index (χ0v) is 18.0. The third-order valence-corrected chi connectivity index (χ3v) is 6.11. The Bertz CT molecular complexity index is 967. The van der Waals surface area contributed by atoms with Crippen LogP contribution in [0.3, 0.4) is 0 Å². The molecule has 0 unspecified atom stereocenters. The number of piperazine rings is 1. The summed E-state index contributed by atoms with van der Waals surface area (Å²) < 4.78 is 0. The van der Waals surface area contributed by atoms with E-state index in [0.717, 1.165) is 44.8 Å². The number of unbranched alkanes of at least 4 members (excludes halogenated alkanes) is 1. The fraction of sp³-hybridized carbons (Fsp3) is 0.364. The van der Waals surface area contributed by atoms with E-state index in [-0.39, 0.29) is 16.9 Å². The van der Waals surface area contributed by atoms with Crippen LogP contribution in [0.5, 0.6) is 11.5 Å². The minimum absolute atomic E-state index is 0.101. The highest BCUT2D eigenvalue weighted by Crippen LogP contribution is 2.33. The van der Waals surface area contributed by atoms with E-state index in [2.05, 4.69) is 9.80 Å². The summed E-state index contributed by atoms with van der Waals surface area (Å²) in [5.74, 6) is -1.09. The molecule has 0 bridgehead atoms. The molecule has 0 aliphatic carbocycles. The molecule has 3 rings (SSSR count). The van der Waals surface area contributed by atoms with E-state index in [1.165, 1.54) is 12.1 Å². The number of rotatable bonds is 7. The normalized spacial score (nSPS) is 14.5. The average molecular weight is 448 g/mol. The number of nitrogens with zero attached hydrogens (tertiary/aromatic N) is 3. The smallest absolute Gasteiger partial charge is 0.175 e. The monoisotopic (exact) mass is 447 g/mol. The molecule has 0 amide bonds. The molecule has 1 fully saturated rings. The van der Waals surface area contributed by atoms with Crippen molar-refractivity contribution in [3.63, 3.8) is 0 Å². The Kier molecular flexibility index (Phi) is 7.43. The summed E-state index contributed by atoms with van der Waals surface area (Å²) in [4.78, 5) is 16.9. The van der Waals surface area contributed by atoms with Crippen molar-refractivity contribution >= 4 is 34.7 Å². The van der Waals surface area contributed by atoms with Crippen LogP contribution in [0.2, 0.25) is 10.0 Å². The van der Waals surface area contributed by atoms with Crippen LogP contribution in [0.4, 0.5) is 5.69 Å². The number of ketones is 1. The second-order valence-corrected chi connectivity index (χ2v) is 8.07. The van der Waals surface area contributed by atoms with E-state index in [1.807, 2.05) is 12.1 Å². The Balaban J connectivity index is 1.43. The summed E-state index contributed by atoms with van der Waals surface area (Å²) in [6.45, 7) is 4.45. The van der Waals surface area contributed by atoms with Gasteiger partial charge in [-0.3, -0.25) is 9.69 Å². The van der Waals surface area contributed by atoms with Crippen LogP contribution < -0.4 is 4.90 Å². The first-order chi connectivity index (χ1) is 14.4. The Morgan fingerprint density at radius 3 is 2.53 bits per heavy atom. The molecule has 1 saturated heterocycles. The van der Waals surface area contributed by atoms with E-state index in [4.69, 9.17) is 28.5 Å². The van der Waals surface area contributed by atoms with Gasteiger partial charge in [-0.25, -0.2) is 0 Å². The molecule has 2 aromatic rings. The van der Waals surface area contributed by atoms with Crippen LogP contribution in [-0.2, 0) is 0 Å². The van der Waals surface area contributed by atoms with Crippen molar-refractivity contribution in [1.82, 2.24) is 4.90 Å². The predicted octanol–water partition coefficient (Wildman–Crippen LogP) is 4.45. The van der Waals surface area contributed by atoms with Gasteiger partial charge in [-0.15, -0.1) is 0 Å². The number of hydrogen-bond acceptors (Lipinski definition) is 6. The molecule has 0 saturated carbocycles. The Morgan fingerprint density at radius 1 is 1.10 bits per heavy atom. The molecular formula is C22H23Cl2N3O3. The minimum atomic E-state index is -0.493.